The molecule has 0 bridgehead atoms. The fourth-order valence-corrected chi connectivity index (χ4v) is 4.60. The molecule has 2 aromatic carbocycles. The highest BCUT2D eigenvalue weighted by molar-refractivity contribution is 8.13. The zero-order valence-corrected chi connectivity index (χ0v) is 21.3. The number of nitrogens with one attached hydrogen (secondary N) is 1. The number of thioether (sulfide) groups is 1. The lowest BCUT2D eigenvalue weighted by Crippen LogP contribution is -2.46. The first-order chi connectivity index (χ1) is 16.9. The molecule has 1 amide bonds. The number of likely N-dealkylation sites (tertiary alicyclic amines) is 1. The molecular weight excluding hydrogens is 486 g/mol. The predicted octanol–water partition coefficient (Wildman–Crippen LogP) is 3.76. The van der Waals surface area contributed by atoms with Gasteiger partial charge in [-0.05, 0) is 36.3 Å². The summed E-state index contributed by atoms with van der Waals surface area (Å²) in [6, 6.07) is 17.2. The highest BCUT2D eigenvalue weighted by Crippen LogP contribution is 2.32. The molecule has 3 rings (SSSR count). The number of carbonyl (C=O) groups excluding carboxylic acids is 1. The normalized spacial score (nSPS) is 17.9. The van der Waals surface area contributed by atoms with Gasteiger partial charge in [0, 0.05) is 23.7 Å². The Kier molecular flexibility index (Phi) is 10.8. The van der Waals surface area contributed by atoms with Gasteiger partial charge in [0.15, 0.2) is 6.10 Å². The first-order valence-electron chi connectivity index (χ1n) is 11.5. The first kappa shape index (κ1) is 27.4. The number of hydrogen-bond donors (Lipinski definition) is 3. The molecule has 2 aromatic rings. The van der Waals surface area contributed by atoms with Crippen LogP contribution in [0.5, 0.6) is 0 Å². The average molecular weight is 518 g/mol. The minimum atomic E-state index is -1.56. The van der Waals surface area contributed by atoms with Crippen molar-refractivity contribution in [2.45, 2.75) is 37.5 Å². The summed E-state index contributed by atoms with van der Waals surface area (Å²) in [5.74, 6) is -0.491. The minimum Gasteiger partial charge on any atom is -0.387 e. The van der Waals surface area contributed by atoms with Crippen molar-refractivity contribution < 1.29 is 19.8 Å². The zero-order chi connectivity index (χ0) is 25.2. The molecule has 1 aliphatic heterocycles. The molecule has 188 valence electrons. The van der Waals surface area contributed by atoms with Gasteiger partial charge in [0.1, 0.15) is 6.10 Å². The van der Waals surface area contributed by atoms with Gasteiger partial charge >= 0.3 is 0 Å². The van der Waals surface area contributed by atoms with Gasteiger partial charge in [-0.3, -0.25) is 9.63 Å². The van der Waals surface area contributed by atoms with Crippen LogP contribution in [0, 0.1) is 0 Å². The lowest BCUT2D eigenvalue weighted by molar-refractivity contribution is -0.151. The van der Waals surface area contributed by atoms with Crippen molar-refractivity contribution in [2.24, 2.45) is 4.99 Å². The van der Waals surface area contributed by atoms with E-state index in [-0.39, 0.29) is 19.2 Å². The second-order valence-corrected chi connectivity index (χ2v) is 9.58. The van der Waals surface area contributed by atoms with Crippen molar-refractivity contribution in [3.05, 3.63) is 83.0 Å². The largest absolute Gasteiger partial charge is 0.387 e. The zero-order valence-electron chi connectivity index (χ0n) is 19.8. The fourth-order valence-electron chi connectivity index (χ4n) is 3.97. The summed E-state index contributed by atoms with van der Waals surface area (Å²) < 4.78 is 0. The number of amides is 1. The maximum Gasteiger partial charge on any atom is 0.254 e. The van der Waals surface area contributed by atoms with Crippen LogP contribution in [0.2, 0.25) is 5.02 Å². The van der Waals surface area contributed by atoms with Gasteiger partial charge in [0.05, 0.1) is 24.2 Å². The van der Waals surface area contributed by atoms with E-state index in [0.29, 0.717) is 23.7 Å². The monoisotopic (exact) mass is 517 g/mol. The van der Waals surface area contributed by atoms with E-state index in [0.717, 1.165) is 29.0 Å². The number of rotatable bonds is 11. The van der Waals surface area contributed by atoms with E-state index in [9.17, 15) is 15.0 Å². The number of halogens is 1. The lowest BCUT2D eigenvalue weighted by Gasteiger charge is -2.28. The molecule has 7 nitrogen and oxygen atoms in total. The van der Waals surface area contributed by atoms with Crippen LogP contribution < -0.4 is 5.48 Å². The maximum absolute atomic E-state index is 12.9. The first-order valence-corrected chi connectivity index (χ1v) is 13.1. The van der Waals surface area contributed by atoms with Gasteiger partial charge in [-0.15, -0.1) is 11.8 Å². The fraction of sp³-hybridized carbons (Fsp3) is 0.385. The Balaban J connectivity index is 1.45. The lowest BCUT2D eigenvalue weighted by atomic mass is 10.0. The van der Waals surface area contributed by atoms with E-state index in [4.69, 9.17) is 16.4 Å². The third kappa shape index (κ3) is 7.90. The second kappa shape index (κ2) is 13.8. The van der Waals surface area contributed by atoms with E-state index in [1.54, 1.807) is 4.90 Å². The number of allylic oxidation sites excluding steroid dienone is 1. The second-order valence-electron chi connectivity index (χ2n) is 8.29. The molecule has 1 fully saturated rings. The molecule has 1 heterocycles. The van der Waals surface area contributed by atoms with Crippen molar-refractivity contribution in [1.29, 1.82) is 0 Å². The number of aliphatic hydroxyl groups is 2. The number of hydrogen-bond acceptors (Lipinski definition) is 7. The van der Waals surface area contributed by atoms with Gasteiger partial charge in [0.25, 0.3) is 5.91 Å². The standard InChI is InChI=1S/C26H32ClN3O4S/c1-18(15-20-11-6-7-12-21(20)27)29-24(35-2)16-28-34-17-23(31)25(32)26(33)30-14-8-13-22(30)19-9-4-3-5-10-19/h3-7,9-12,22-23,25,28,31-32H,1,8,13-17H2,2H3. The van der Waals surface area contributed by atoms with Crippen molar-refractivity contribution in [3.63, 3.8) is 0 Å². The van der Waals surface area contributed by atoms with Gasteiger partial charge in [0.2, 0.25) is 0 Å². The van der Waals surface area contributed by atoms with E-state index in [1.165, 1.54) is 11.8 Å². The number of nitrogens with zero attached hydrogens (tertiary/aromatic N) is 2. The summed E-state index contributed by atoms with van der Waals surface area (Å²) in [6.07, 6.45) is 1.17. The molecule has 3 unspecified atom stereocenters. The summed E-state index contributed by atoms with van der Waals surface area (Å²) in [4.78, 5) is 24.3. The van der Waals surface area contributed by atoms with E-state index >= 15 is 0 Å². The van der Waals surface area contributed by atoms with Crippen LogP contribution in [0.15, 0.2) is 71.9 Å². The van der Waals surface area contributed by atoms with Crippen LogP contribution in [-0.4, -0.2) is 64.2 Å². The molecule has 0 saturated carbocycles. The predicted molar refractivity (Wildman–Crippen MR) is 141 cm³/mol. The molecule has 3 atom stereocenters. The number of hydroxylamine groups is 1. The average Bonchev–Trinajstić information content (AvgIpc) is 3.36. The van der Waals surface area contributed by atoms with Crippen molar-refractivity contribution in [3.8, 4) is 0 Å². The maximum atomic E-state index is 12.9. The number of benzene rings is 2. The molecule has 3 N–H and O–H groups in total. The van der Waals surface area contributed by atoms with Crippen LogP contribution in [0.4, 0.5) is 0 Å². The molecule has 9 heteroatoms. The van der Waals surface area contributed by atoms with Crippen LogP contribution in [0.3, 0.4) is 0 Å². The molecule has 1 saturated heterocycles. The summed E-state index contributed by atoms with van der Waals surface area (Å²) >= 11 is 7.64. The van der Waals surface area contributed by atoms with Crippen molar-refractivity contribution >= 4 is 34.3 Å². The van der Waals surface area contributed by atoms with Crippen LogP contribution in [0.1, 0.15) is 30.0 Å². The van der Waals surface area contributed by atoms with Gasteiger partial charge in [-0.1, -0.05) is 66.7 Å². The summed E-state index contributed by atoms with van der Waals surface area (Å²) in [7, 11) is 0. The quantitative estimate of drug-likeness (QED) is 0.182. The SMILES string of the molecule is C=C(Cc1ccccc1Cl)N=C(CNOCC(O)C(O)C(=O)N1CCCC1c1ccccc1)SC. The third-order valence-electron chi connectivity index (χ3n) is 5.79. The topological polar surface area (TPSA) is 94.4 Å². The smallest absolute Gasteiger partial charge is 0.254 e. The van der Waals surface area contributed by atoms with Crippen LogP contribution >= 0.6 is 23.4 Å². The Labute approximate surface area is 215 Å². The van der Waals surface area contributed by atoms with Gasteiger partial charge in [-0.25, -0.2) is 4.99 Å². The Bertz CT molecular complexity index is 1020. The van der Waals surface area contributed by atoms with Crippen LogP contribution in [-0.2, 0) is 16.1 Å². The number of carbonyl (C=O) groups is 1. The summed E-state index contributed by atoms with van der Waals surface area (Å²) in [6.45, 7) is 4.58. The molecule has 0 aromatic heterocycles. The summed E-state index contributed by atoms with van der Waals surface area (Å²) in [5, 5.41) is 22.2. The highest BCUT2D eigenvalue weighted by atomic mass is 35.5. The molecule has 0 spiro atoms. The van der Waals surface area contributed by atoms with E-state index < -0.39 is 18.1 Å². The van der Waals surface area contributed by atoms with Gasteiger partial charge in [-0.2, -0.15) is 5.48 Å². The molecular formula is C26H32ClN3O4S. The van der Waals surface area contributed by atoms with Gasteiger partial charge < -0.3 is 15.1 Å². The van der Waals surface area contributed by atoms with E-state index in [2.05, 4.69) is 17.1 Å². The van der Waals surface area contributed by atoms with Crippen molar-refractivity contribution in [1.82, 2.24) is 10.4 Å². The molecule has 0 aliphatic carbocycles. The highest BCUT2D eigenvalue weighted by Gasteiger charge is 2.36. The number of aliphatic imine (C=N–C) groups is 1. The number of aliphatic hydroxyl groups excluding tert-OH is 2. The van der Waals surface area contributed by atoms with Crippen molar-refractivity contribution in [2.75, 3.05) is 26.0 Å². The minimum absolute atomic E-state index is 0.0937. The third-order valence-corrected chi connectivity index (χ3v) is 6.86. The Hall–Kier alpha value is -2.20. The summed E-state index contributed by atoms with van der Waals surface area (Å²) in [5.41, 5.74) is 5.36. The van der Waals surface area contributed by atoms with Crippen LogP contribution in [0.25, 0.3) is 0 Å². The van der Waals surface area contributed by atoms with E-state index in [1.807, 2.05) is 60.9 Å². The Morgan fingerprint density at radius 3 is 2.69 bits per heavy atom. The molecule has 1 aliphatic rings. The molecule has 35 heavy (non-hydrogen) atoms. The molecule has 0 radical (unpaired) electrons. The Morgan fingerprint density at radius 2 is 1.97 bits per heavy atom. The Morgan fingerprint density at radius 1 is 1.26 bits per heavy atom.